The molecule has 0 spiro atoms. The van der Waals surface area contributed by atoms with Crippen molar-refractivity contribution in [2.75, 3.05) is 38.2 Å². The van der Waals surface area contributed by atoms with E-state index in [1.54, 1.807) is 6.20 Å². The molecule has 0 amide bonds. The summed E-state index contributed by atoms with van der Waals surface area (Å²) in [5, 5.41) is 15.3. The van der Waals surface area contributed by atoms with Crippen LogP contribution in [0.2, 0.25) is 0 Å². The summed E-state index contributed by atoms with van der Waals surface area (Å²) in [6, 6.07) is 6.56. The van der Waals surface area contributed by atoms with Gasteiger partial charge < -0.3 is 25.0 Å². The average molecular weight is 571 g/mol. The number of phenolic OH excluding ortho intramolecular Hbond substituents is 1. The summed E-state index contributed by atoms with van der Waals surface area (Å²) in [6.45, 7) is 2.87. The van der Waals surface area contributed by atoms with Crippen LogP contribution >= 0.6 is 0 Å². The van der Waals surface area contributed by atoms with Gasteiger partial charge in [0.25, 0.3) is 0 Å². The smallest absolute Gasteiger partial charge is 0.319 e. The molecule has 2 aromatic heterocycles. The second-order valence-corrected chi connectivity index (χ2v) is 11.7. The van der Waals surface area contributed by atoms with Gasteiger partial charge >= 0.3 is 6.01 Å². The largest absolute Gasteiger partial charge is 0.508 e. The number of nitrogens with zero attached hydrogens (tertiary/aromatic N) is 5. The Hall–Kier alpha value is -4.07. The summed E-state index contributed by atoms with van der Waals surface area (Å²) in [6.07, 6.45) is 12.7. The number of piperidine rings is 1. The Balaban J connectivity index is 1.38. The highest BCUT2D eigenvalue weighted by atomic mass is 19.1. The monoisotopic (exact) mass is 570 g/mol. The van der Waals surface area contributed by atoms with E-state index in [2.05, 4.69) is 38.1 Å². The highest BCUT2D eigenvalue weighted by Gasteiger charge is 2.34. The highest BCUT2D eigenvalue weighted by Crippen LogP contribution is 2.39. The van der Waals surface area contributed by atoms with Crippen molar-refractivity contribution in [1.82, 2.24) is 25.2 Å². The van der Waals surface area contributed by atoms with E-state index >= 15 is 4.39 Å². The van der Waals surface area contributed by atoms with Crippen LogP contribution in [0.5, 0.6) is 11.8 Å². The van der Waals surface area contributed by atoms with Crippen molar-refractivity contribution in [1.29, 1.82) is 0 Å². The van der Waals surface area contributed by atoms with E-state index in [0.29, 0.717) is 40.7 Å². The summed E-state index contributed by atoms with van der Waals surface area (Å²) in [7, 11) is 2.08. The summed E-state index contributed by atoms with van der Waals surface area (Å²) in [5.41, 5.74) is 0.124. The van der Waals surface area contributed by atoms with Crippen molar-refractivity contribution in [2.24, 2.45) is 0 Å². The number of likely N-dealkylation sites (tertiary alicyclic amines) is 1. The molecule has 42 heavy (non-hydrogen) atoms. The predicted molar refractivity (Wildman–Crippen MR) is 158 cm³/mol. The number of fused-ring (bicyclic) bond motifs is 4. The van der Waals surface area contributed by atoms with Gasteiger partial charge in [-0.15, -0.1) is 6.42 Å². The molecule has 3 saturated heterocycles. The van der Waals surface area contributed by atoms with E-state index in [9.17, 15) is 9.50 Å². The van der Waals surface area contributed by atoms with Crippen LogP contribution in [0.25, 0.3) is 32.9 Å². The average Bonchev–Trinajstić information content (AvgIpc) is 3.33. The van der Waals surface area contributed by atoms with Crippen molar-refractivity contribution in [2.45, 2.75) is 50.2 Å². The van der Waals surface area contributed by atoms with Crippen molar-refractivity contribution in [3.05, 3.63) is 47.7 Å². The fraction of sp³-hybridized carbons (Fsp3) is 0.406. The minimum Gasteiger partial charge on any atom is -0.508 e. The SMILES string of the molecule is C#Cc1c(F)ccc2cc(O)cc(-c3ncc4c(N5C[C@H]6CC[C@@H](C5)N6)nc(OC[C@@H]5CCCCN5C)nc4c3F)c12. The van der Waals surface area contributed by atoms with Crippen LogP contribution in [0.1, 0.15) is 37.7 Å². The zero-order chi connectivity index (χ0) is 29.0. The number of halogens is 2. The number of anilines is 1. The number of likely N-dealkylation sites (N-methyl/N-ethyl adjacent to an activating group) is 1. The molecule has 0 radical (unpaired) electrons. The summed E-state index contributed by atoms with van der Waals surface area (Å²) in [4.78, 5) is 18.3. The van der Waals surface area contributed by atoms with Gasteiger partial charge in [0.2, 0.25) is 0 Å². The molecule has 5 heterocycles. The van der Waals surface area contributed by atoms with Gasteiger partial charge in [-0.25, -0.2) is 8.78 Å². The van der Waals surface area contributed by atoms with Crippen LogP contribution in [0.4, 0.5) is 14.6 Å². The number of aromatic hydroxyl groups is 1. The topological polar surface area (TPSA) is 86.6 Å². The molecule has 3 aliphatic heterocycles. The maximum absolute atomic E-state index is 16.6. The third-order valence-corrected chi connectivity index (χ3v) is 8.94. The number of piperazine rings is 1. The fourth-order valence-electron chi connectivity index (χ4n) is 6.76. The van der Waals surface area contributed by atoms with Gasteiger partial charge in [0.05, 0.1) is 10.9 Å². The lowest BCUT2D eigenvalue weighted by Crippen LogP contribution is -2.51. The number of phenols is 1. The first-order valence-corrected chi connectivity index (χ1v) is 14.5. The Labute approximate surface area is 242 Å². The van der Waals surface area contributed by atoms with Crippen LogP contribution < -0.4 is 15.0 Å². The van der Waals surface area contributed by atoms with E-state index in [1.165, 1.54) is 24.3 Å². The van der Waals surface area contributed by atoms with Crippen molar-refractivity contribution in [3.8, 4) is 35.4 Å². The van der Waals surface area contributed by atoms with Gasteiger partial charge in [0, 0.05) is 48.4 Å². The third kappa shape index (κ3) is 4.67. The first kappa shape index (κ1) is 26.8. The lowest BCUT2D eigenvalue weighted by atomic mass is 9.96. The zero-order valence-electron chi connectivity index (χ0n) is 23.4. The van der Waals surface area contributed by atoms with E-state index in [0.717, 1.165) is 51.7 Å². The molecule has 3 atom stereocenters. The van der Waals surface area contributed by atoms with Crippen molar-refractivity contribution >= 4 is 27.5 Å². The fourth-order valence-corrected chi connectivity index (χ4v) is 6.76. The second kappa shape index (κ2) is 10.6. The Kier molecular flexibility index (Phi) is 6.79. The Morgan fingerprint density at radius 3 is 2.69 bits per heavy atom. The third-order valence-electron chi connectivity index (χ3n) is 8.94. The van der Waals surface area contributed by atoms with Crippen LogP contribution in [-0.4, -0.2) is 76.4 Å². The Morgan fingerprint density at radius 2 is 1.93 bits per heavy atom. The molecule has 0 unspecified atom stereocenters. The van der Waals surface area contributed by atoms with E-state index in [-0.39, 0.29) is 40.1 Å². The van der Waals surface area contributed by atoms with Gasteiger partial charge in [-0.3, -0.25) is 4.98 Å². The van der Waals surface area contributed by atoms with E-state index < -0.39 is 11.6 Å². The minimum absolute atomic E-state index is 0.0240. The number of rotatable bonds is 5. The normalized spacial score (nSPS) is 22.5. The summed E-state index contributed by atoms with van der Waals surface area (Å²) < 4.78 is 37.5. The van der Waals surface area contributed by atoms with Gasteiger partial charge in [-0.1, -0.05) is 18.4 Å². The van der Waals surface area contributed by atoms with Crippen LogP contribution in [0.3, 0.4) is 0 Å². The number of terminal acetylenes is 1. The van der Waals surface area contributed by atoms with Crippen LogP contribution in [0.15, 0.2) is 30.5 Å². The molecule has 3 aliphatic rings. The van der Waals surface area contributed by atoms with Crippen LogP contribution in [0, 0.1) is 24.0 Å². The summed E-state index contributed by atoms with van der Waals surface area (Å²) >= 11 is 0. The molecule has 0 saturated carbocycles. The molecule has 7 rings (SSSR count). The number of aromatic nitrogens is 3. The molecule has 0 aliphatic carbocycles. The number of hydrogen-bond acceptors (Lipinski definition) is 8. The number of ether oxygens (including phenoxy) is 1. The lowest BCUT2D eigenvalue weighted by Gasteiger charge is -2.34. The zero-order valence-corrected chi connectivity index (χ0v) is 23.4. The molecule has 2 aromatic carbocycles. The number of benzene rings is 2. The van der Waals surface area contributed by atoms with Crippen molar-refractivity contribution < 1.29 is 18.6 Å². The Bertz CT molecular complexity index is 1730. The van der Waals surface area contributed by atoms with Gasteiger partial charge in [0.15, 0.2) is 5.82 Å². The maximum atomic E-state index is 16.6. The standard InChI is InChI=1S/C32H32F2N6O2/c1-3-23-26(33)10-7-18-12-22(41)13-24(27(18)23)29-28(34)30-25(14-35-29)31(40-15-19-8-9-20(16-40)36-19)38-32(37-30)42-17-21-6-4-5-11-39(21)2/h1,7,10,12-14,19-21,36,41H,4-6,8-9,11,15-17H2,2H3/t19-,20+,21-/m0/s1. The van der Waals surface area contributed by atoms with Crippen molar-refractivity contribution in [3.63, 3.8) is 0 Å². The van der Waals surface area contributed by atoms with Crippen LogP contribution in [-0.2, 0) is 0 Å². The molecule has 10 heteroatoms. The first-order valence-electron chi connectivity index (χ1n) is 14.5. The maximum Gasteiger partial charge on any atom is 0.319 e. The Morgan fingerprint density at radius 1 is 1.12 bits per heavy atom. The molecule has 4 aromatic rings. The number of nitrogens with one attached hydrogen (secondary N) is 1. The quantitative estimate of drug-likeness (QED) is 0.337. The lowest BCUT2D eigenvalue weighted by molar-refractivity contribution is 0.120. The van der Waals surface area contributed by atoms with Gasteiger partial charge in [-0.2, -0.15) is 9.97 Å². The summed E-state index contributed by atoms with van der Waals surface area (Å²) in [5.74, 6) is 1.52. The number of hydrogen-bond donors (Lipinski definition) is 2. The van der Waals surface area contributed by atoms with E-state index in [1.807, 2.05) is 0 Å². The molecule has 216 valence electrons. The molecule has 3 fully saturated rings. The molecule has 2 N–H and O–H groups in total. The predicted octanol–water partition coefficient (Wildman–Crippen LogP) is 4.61. The number of pyridine rings is 1. The second-order valence-electron chi connectivity index (χ2n) is 11.7. The molecule has 2 bridgehead atoms. The molecular formula is C32H32F2N6O2. The molecule has 8 nitrogen and oxygen atoms in total. The van der Waals surface area contributed by atoms with E-state index in [4.69, 9.17) is 16.1 Å². The van der Waals surface area contributed by atoms with Gasteiger partial charge in [0.1, 0.15) is 35.2 Å². The highest BCUT2D eigenvalue weighted by molar-refractivity contribution is 6.03. The van der Waals surface area contributed by atoms with Gasteiger partial charge in [-0.05, 0) is 62.9 Å². The first-order chi connectivity index (χ1) is 20.4. The molecular weight excluding hydrogens is 538 g/mol. The minimum atomic E-state index is -0.715.